The fourth-order valence-electron chi connectivity index (χ4n) is 6.76. The van der Waals surface area contributed by atoms with Gasteiger partial charge in [-0.2, -0.15) is 44.8 Å². The number of rotatable bonds is 6. The molecule has 0 saturated carbocycles. The minimum Gasteiger partial charge on any atom is -0.475 e. The number of aryl methyl sites for hydroxylation is 1. The van der Waals surface area contributed by atoms with E-state index in [-0.39, 0.29) is 50.4 Å². The number of hydrogen-bond acceptors (Lipinski definition) is 7. The first-order valence-corrected chi connectivity index (χ1v) is 16.4. The van der Waals surface area contributed by atoms with Crippen LogP contribution in [0.15, 0.2) is 41.3 Å². The second-order valence-electron chi connectivity index (χ2n) is 11.9. The molecule has 2 saturated heterocycles. The highest BCUT2D eigenvalue weighted by Crippen LogP contribution is 2.56. The quantitative estimate of drug-likeness (QED) is 0.391. The number of fused-ring (bicyclic) bond motifs is 3. The third-order valence-electron chi connectivity index (χ3n) is 9.05. The van der Waals surface area contributed by atoms with Crippen LogP contribution >= 0.6 is 0 Å². The summed E-state index contributed by atoms with van der Waals surface area (Å²) in [6.07, 6.45) is -19.2. The SMILES string of the molecule is N#CCCN1C(=O)CC[C@H]1C(=O)N1CCC2(S(=O)(=O)c3cccc(F)c3)c3ccc(C(F)(C(F)(F)F)C(F)(F)F)nc3CCC12.O=C(O)C(F)(F)F. The van der Waals surface area contributed by atoms with Crippen LogP contribution < -0.4 is 0 Å². The molecule has 2 fully saturated rings. The molecule has 1 aromatic carbocycles. The number of hydrogen-bond donors (Lipinski definition) is 1. The number of nitrogens with zero attached hydrogens (tertiary/aromatic N) is 4. The largest absolute Gasteiger partial charge is 0.490 e. The van der Waals surface area contributed by atoms with Crippen LogP contribution in [0.4, 0.5) is 48.3 Å². The average Bonchev–Trinajstić information content (AvgIpc) is 3.63. The van der Waals surface area contributed by atoms with Crippen LogP contribution in [0.1, 0.15) is 49.1 Å². The molecule has 52 heavy (non-hydrogen) atoms. The van der Waals surface area contributed by atoms with E-state index in [2.05, 4.69) is 4.98 Å². The molecule has 10 nitrogen and oxygen atoms in total. The molecule has 5 rings (SSSR count). The second kappa shape index (κ2) is 13.8. The van der Waals surface area contributed by atoms with Crippen molar-refractivity contribution in [2.45, 2.75) is 84.4 Å². The van der Waals surface area contributed by atoms with Gasteiger partial charge in [0.2, 0.25) is 11.8 Å². The molecule has 3 heterocycles. The Morgan fingerprint density at radius 1 is 0.981 bits per heavy atom. The lowest BCUT2D eigenvalue weighted by atomic mass is 9.80. The number of carbonyl (C=O) groups excluding carboxylic acids is 2. The summed E-state index contributed by atoms with van der Waals surface area (Å²) in [6.45, 7) is -0.315. The highest BCUT2D eigenvalue weighted by atomic mass is 32.2. The first-order chi connectivity index (χ1) is 23.9. The molecule has 0 radical (unpaired) electrons. The van der Waals surface area contributed by atoms with Crippen LogP contribution in [0.5, 0.6) is 0 Å². The van der Waals surface area contributed by atoms with Crippen LogP contribution in [-0.2, 0) is 41.1 Å². The first-order valence-electron chi connectivity index (χ1n) is 15.0. The number of alkyl halides is 10. The Morgan fingerprint density at radius 3 is 2.13 bits per heavy atom. The van der Waals surface area contributed by atoms with E-state index < -0.39 is 104 Å². The summed E-state index contributed by atoms with van der Waals surface area (Å²) in [5, 5.41) is 16.1. The monoisotopic (exact) mass is 778 g/mol. The number of amides is 2. The van der Waals surface area contributed by atoms with E-state index in [0.717, 1.165) is 18.2 Å². The van der Waals surface area contributed by atoms with Crippen molar-refractivity contribution in [3.8, 4) is 6.07 Å². The predicted octanol–water partition coefficient (Wildman–Crippen LogP) is 5.26. The fraction of sp³-hybridized carbons (Fsp3) is 0.500. The van der Waals surface area contributed by atoms with Gasteiger partial charge in [0, 0.05) is 25.2 Å². The molecule has 1 N–H and O–H groups in total. The maximum Gasteiger partial charge on any atom is 0.490 e. The Morgan fingerprint density at radius 2 is 1.60 bits per heavy atom. The Bertz CT molecular complexity index is 1880. The Kier molecular flexibility index (Phi) is 10.7. The number of pyridine rings is 1. The molecule has 284 valence electrons. The van der Waals surface area contributed by atoms with Gasteiger partial charge in [-0.3, -0.25) is 14.6 Å². The summed E-state index contributed by atoms with van der Waals surface area (Å²) in [7, 11) is -4.77. The van der Waals surface area contributed by atoms with Crippen molar-refractivity contribution >= 4 is 27.6 Å². The molecule has 1 aromatic heterocycles. The Hall–Kier alpha value is -4.55. The van der Waals surface area contributed by atoms with E-state index in [0.29, 0.717) is 12.1 Å². The zero-order valence-corrected chi connectivity index (χ0v) is 26.9. The molecule has 3 aliphatic rings. The van der Waals surface area contributed by atoms with Crippen molar-refractivity contribution < 1.29 is 76.2 Å². The molecular weight excluding hydrogens is 753 g/mol. The number of sulfone groups is 1. The Labute approximate surface area is 286 Å². The van der Waals surface area contributed by atoms with Gasteiger partial charge in [0.15, 0.2) is 9.84 Å². The van der Waals surface area contributed by atoms with Gasteiger partial charge in [0.1, 0.15) is 16.6 Å². The lowest BCUT2D eigenvalue weighted by Crippen LogP contribution is -2.56. The van der Waals surface area contributed by atoms with E-state index in [1.807, 2.05) is 6.07 Å². The van der Waals surface area contributed by atoms with Gasteiger partial charge in [-0.1, -0.05) is 12.1 Å². The number of aromatic nitrogens is 1. The average molecular weight is 779 g/mol. The third kappa shape index (κ3) is 6.74. The van der Waals surface area contributed by atoms with E-state index in [1.165, 1.54) is 9.80 Å². The van der Waals surface area contributed by atoms with E-state index in [4.69, 9.17) is 15.2 Å². The van der Waals surface area contributed by atoms with Gasteiger partial charge in [-0.15, -0.1) is 0 Å². The first kappa shape index (κ1) is 40.2. The molecule has 1 aliphatic carbocycles. The van der Waals surface area contributed by atoms with Gasteiger partial charge in [-0.25, -0.2) is 22.0 Å². The van der Waals surface area contributed by atoms with Gasteiger partial charge < -0.3 is 14.9 Å². The molecule has 2 aromatic rings. The maximum absolute atomic E-state index is 14.9. The Balaban J connectivity index is 0.000000785. The van der Waals surface area contributed by atoms with Crippen molar-refractivity contribution in [3.05, 3.63) is 59.2 Å². The van der Waals surface area contributed by atoms with Crippen LogP contribution in [0, 0.1) is 17.1 Å². The number of benzene rings is 1. The third-order valence-corrected chi connectivity index (χ3v) is 11.6. The summed E-state index contributed by atoms with van der Waals surface area (Å²) in [5.74, 6) is -4.75. The second-order valence-corrected chi connectivity index (χ2v) is 14.1. The van der Waals surface area contributed by atoms with Crippen molar-refractivity contribution in [3.63, 3.8) is 0 Å². The fourth-order valence-corrected chi connectivity index (χ4v) is 9.14. The summed E-state index contributed by atoms with van der Waals surface area (Å²) in [6, 6.07) is 4.18. The molecule has 22 heteroatoms. The molecule has 2 amide bonds. The van der Waals surface area contributed by atoms with Crippen LogP contribution in [0.2, 0.25) is 0 Å². The van der Waals surface area contributed by atoms with Crippen LogP contribution in [0.25, 0.3) is 0 Å². The minimum absolute atomic E-state index is 0.00794. The molecule has 0 spiro atoms. The summed E-state index contributed by atoms with van der Waals surface area (Å²) >= 11 is 0. The normalized spacial score (nSPS) is 22.2. The maximum atomic E-state index is 14.9. The topological polar surface area (TPSA) is 149 Å². The zero-order chi connectivity index (χ0) is 39.2. The van der Waals surface area contributed by atoms with Crippen molar-refractivity contribution in [1.82, 2.24) is 14.8 Å². The number of carboxylic acid groups (broad SMARTS) is 1. The number of halogens is 11. The van der Waals surface area contributed by atoms with Gasteiger partial charge in [-0.05, 0) is 55.5 Å². The number of carboxylic acids is 1. The number of likely N-dealkylation sites (tertiary alicyclic amines) is 2. The molecular formula is C30H25F11N4O6S. The summed E-state index contributed by atoms with van der Waals surface area (Å²) in [4.78, 5) is 40.5. The van der Waals surface area contributed by atoms with Gasteiger partial charge in [0.05, 0.1) is 29.1 Å². The highest BCUT2D eigenvalue weighted by molar-refractivity contribution is 7.92. The lowest BCUT2D eigenvalue weighted by molar-refractivity contribution is -0.350. The van der Waals surface area contributed by atoms with Crippen molar-refractivity contribution in [2.75, 3.05) is 13.1 Å². The van der Waals surface area contributed by atoms with Crippen molar-refractivity contribution in [2.24, 2.45) is 0 Å². The van der Waals surface area contributed by atoms with E-state index in [9.17, 15) is 66.3 Å². The van der Waals surface area contributed by atoms with Crippen LogP contribution in [0.3, 0.4) is 0 Å². The lowest BCUT2D eigenvalue weighted by Gasteiger charge is -2.43. The molecule has 3 atom stereocenters. The molecule has 0 bridgehead atoms. The number of aliphatic carboxylic acids is 1. The molecule has 2 aliphatic heterocycles. The summed E-state index contributed by atoms with van der Waals surface area (Å²) in [5.41, 5.74) is -8.76. The van der Waals surface area contributed by atoms with E-state index >= 15 is 0 Å². The van der Waals surface area contributed by atoms with Crippen LogP contribution in [-0.4, -0.2) is 89.8 Å². The minimum atomic E-state index is -6.46. The van der Waals surface area contributed by atoms with Gasteiger partial charge >= 0.3 is 30.2 Å². The van der Waals surface area contributed by atoms with Gasteiger partial charge in [0.25, 0.3) is 0 Å². The number of nitriles is 1. The molecule has 2 unspecified atom stereocenters. The predicted molar refractivity (Wildman–Crippen MR) is 151 cm³/mol. The highest BCUT2D eigenvalue weighted by Gasteiger charge is 2.75. The standard InChI is InChI=1S/C28H24F8N4O4S.C2HF3O2/c29-16-3-1-4-17(15-16)45(43,44)25-11-14-40(24(42)20-7-10-23(41)39(20)13-2-12-37)22(25)9-6-19-18(25)5-8-21(38-19)26(30,27(31,32)33)28(34,35)36;3-2(4,5)1(6)7/h1,3-5,8,15,20,22H,2,6-7,9-11,13-14H2;(H,6,7)/t20-,22?,25?;/m0./s1. The van der Waals surface area contributed by atoms with E-state index in [1.54, 1.807) is 0 Å². The number of carbonyl (C=O) groups is 3. The van der Waals surface area contributed by atoms with Crippen molar-refractivity contribution in [1.29, 1.82) is 5.26 Å². The summed E-state index contributed by atoms with van der Waals surface area (Å²) < 4.78 is 169. The smallest absolute Gasteiger partial charge is 0.475 e. The zero-order valence-electron chi connectivity index (χ0n) is 26.1.